The number of nitrogens with zero attached hydrogens (tertiary/aromatic N) is 1. The van der Waals surface area contributed by atoms with E-state index in [-0.39, 0.29) is 11.5 Å². The molecule has 0 amide bonds. The van der Waals surface area contributed by atoms with Crippen LogP contribution >= 0.6 is 11.8 Å². The van der Waals surface area contributed by atoms with E-state index < -0.39 is 0 Å². The molecule has 1 N–H and O–H groups in total. The molecule has 2 atom stereocenters. The summed E-state index contributed by atoms with van der Waals surface area (Å²) >= 11 is 1.93. The van der Waals surface area contributed by atoms with Gasteiger partial charge >= 0.3 is 0 Å². The summed E-state index contributed by atoms with van der Waals surface area (Å²) in [6, 6.07) is 13.1. The van der Waals surface area contributed by atoms with Gasteiger partial charge in [-0.2, -0.15) is 0 Å². The highest BCUT2D eigenvalue weighted by Crippen LogP contribution is 2.56. The summed E-state index contributed by atoms with van der Waals surface area (Å²) in [4.78, 5) is 5.38. The molecule has 2 aliphatic heterocycles. The Balaban J connectivity index is 1.64. The fraction of sp³-hybridized carbons (Fsp3) is 0.318. The molecule has 0 fully saturated rings. The number of thioether (sulfide) groups is 1. The van der Waals surface area contributed by atoms with E-state index in [0.717, 1.165) is 22.8 Å². The summed E-state index contributed by atoms with van der Waals surface area (Å²) in [5, 5.41) is 3.82. The first-order valence-corrected chi connectivity index (χ1v) is 10.2. The van der Waals surface area contributed by atoms with E-state index in [4.69, 9.17) is 9.15 Å². The maximum atomic E-state index is 5.71. The number of anilines is 1. The number of methoxy groups -OCH3 is 1. The Labute approximate surface area is 163 Å². The van der Waals surface area contributed by atoms with Crippen molar-refractivity contribution in [3.63, 3.8) is 0 Å². The van der Waals surface area contributed by atoms with Crippen LogP contribution < -0.4 is 10.1 Å². The molecule has 2 aromatic carbocycles. The average molecular weight is 378 g/mol. The SMILES string of the molecule is COc1cccc2c1[C@H]1Nc3ccc(-c4cnco4)cc3C(C)(C)[C@H]1CS2. The molecule has 0 bridgehead atoms. The van der Waals surface area contributed by atoms with E-state index >= 15 is 0 Å². The number of hydrogen-bond donors (Lipinski definition) is 1. The van der Waals surface area contributed by atoms with Crippen LogP contribution in [-0.4, -0.2) is 17.8 Å². The summed E-state index contributed by atoms with van der Waals surface area (Å²) in [6.45, 7) is 4.71. The molecule has 2 aliphatic rings. The molecule has 27 heavy (non-hydrogen) atoms. The van der Waals surface area contributed by atoms with Crippen LogP contribution in [0.5, 0.6) is 5.75 Å². The quantitative estimate of drug-likeness (QED) is 0.636. The van der Waals surface area contributed by atoms with E-state index in [9.17, 15) is 0 Å². The van der Waals surface area contributed by atoms with Crippen molar-refractivity contribution in [3.8, 4) is 17.1 Å². The fourth-order valence-corrected chi connectivity index (χ4v) is 6.02. The van der Waals surface area contributed by atoms with Gasteiger partial charge in [-0.15, -0.1) is 11.8 Å². The minimum Gasteiger partial charge on any atom is -0.496 e. The van der Waals surface area contributed by atoms with Gasteiger partial charge in [0.2, 0.25) is 0 Å². The third kappa shape index (κ3) is 2.48. The van der Waals surface area contributed by atoms with Crippen LogP contribution in [0.2, 0.25) is 0 Å². The summed E-state index contributed by atoms with van der Waals surface area (Å²) in [6.07, 6.45) is 3.25. The highest BCUT2D eigenvalue weighted by molar-refractivity contribution is 7.99. The Hall–Kier alpha value is -2.40. The molecule has 1 aromatic heterocycles. The van der Waals surface area contributed by atoms with Crippen molar-refractivity contribution in [3.05, 3.63) is 60.1 Å². The summed E-state index contributed by atoms with van der Waals surface area (Å²) < 4.78 is 11.2. The molecule has 0 unspecified atom stereocenters. The normalized spacial score (nSPS) is 22.2. The van der Waals surface area contributed by atoms with Crippen LogP contribution in [0, 0.1) is 5.92 Å². The van der Waals surface area contributed by atoms with E-state index in [2.05, 4.69) is 60.5 Å². The lowest BCUT2D eigenvalue weighted by Crippen LogP contribution is -2.44. The van der Waals surface area contributed by atoms with Crippen molar-refractivity contribution >= 4 is 17.4 Å². The number of rotatable bonds is 2. The van der Waals surface area contributed by atoms with Gasteiger partial charge in [0, 0.05) is 33.4 Å². The Morgan fingerprint density at radius 3 is 2.93 bits per heavy atom. The molecule has 0 saturated carbocycles. The predicted molar refractivity (Wildman–Crippen MR) is 109 cm³/mol. The lowest BCUT2D eigenvalue weighted by atomic mass is 9.66. The molecule has 0 radical (unpaired) electrons. The molecule has 0 aliphatic carbocycles. The van der Waals surface area contributed by atoms with Crippen molar-refractivity contribution in [2.45, 2.75) is 30.2 Å². The fourth-order valence-electron chi connectivity index (χ4n) is 4.49. The van der Waals surface area contributed by atoms with Crippen LogP contribution in [0.3, 0.4) is 0 Å². The smallest absolute Gasteiger partial charge is 0.181 e. The summed E-state index contributed by atoms with van der Waals surface area (Å²) in [7, 11) is 1.76. The zero-order valence-corrected chi connectivity index (χ0v) is 16.5. The standard InChI is InChI=1S/C22H22N2O2S/c1-22(2)14-9-13(18-10-23-12-26-18)7-8-16(14)24-21-15(22)11-27-19-6-4-5-17(25-3)20(19)21/h4-10,12,15,21,24H,11H2,1-3H3/t15-,21-/m0/s1. The summed E-state index contributed by atoms with van der Waals surface area (Å²) in [5.41, 5.74) is 4.90. The first-order valence-electron chi connectivity index (χ1n) is 9.19. The first kappa shape index (κ1) is 16.8. The minimum absolute atomic E-state index is 0.0207. The van der Waals surface area contributed by atoms with Crippen LogP contribution in [0.25, 0.3) is 11.3 Å². The Morgan fingerprint density at radius 2 is 2.15 bits per heavy atom. The van der Waals surface area contributed by atoms with E-state index in [1.54, 1.807) is 13.3 Å². The van der Waals surface area contributed by atoms with E-state index in [1.807, 2.05) is 11.8 Å². The molecule has 3 aromatic rings. The highest BCUT2D eigenvalue weighted by Gasteiger charge is 2.46. The van der Waals surface area contributed by atoms with Crippen molar-refractivity contribution in [2.75, 3.05) is 18.2 Å². The second kappa shape index (κ2) is 6.06. The summed E-state index contributed by atoms with van der Waals surface area (Å²) in [5.74, 6) is 3.32. The number of hydrogen-bond acceptors (Lipinski definition) is 5. The zero-order valence-electron chi connectivity index (χ0n) is 15.7. The lowest BCUT2D eigenvalue weighted by Gasteiger charge is -2.49. The van der Waals surface area contributed by atoms with Gasteiger partial charge in [0.15, 0.2) is 12.2 Å². The van der Waals surface area contributed by atoms with Gasteiger partial charge in [0.05, 0.1) is 19.3 Å². The second-order valence-corrected chi connectivity index (χ2v) is 8.82. The van der Waals surface area contributed by atoms with Gasteiger partial charge in [-0.25, -0.2) is 4.98 Å². The average Bonchev–Trinajstić information content (AvgIpc) is 3.22. The van der Waals surface area contributed by atoms with Crippen LogP contribution in [0.4, 0.5) is 5.69 Å². The maximum absolute atomic E-state index is 5.71. The predicted octanol–water partition coefficient (Wildman–Crippen LogP) is 5.52. The van der Waals surface area contributed by atoms with Gasteiger partial charge in [-0.3, -0.25) is 0 Å². The molecular weight excluding hydrogens is 356 g/mol. The Morgan fingerprint density at radius 1 is 1.26 bits per heavy atom. The molecule has 5 rings (SSSR count). The molecule has 138 valence electrons. The van der Waals surface area contributed by atoms with Crippen molar-refractivity contribution in [2.24, 2.45) is 5.92 Å². The van der Waals surface area contributed by atoms with Crippen molar-refractivity contribution in [1.29, 1.82) is 0 Å². The van der Waals surface area contributed by atoms with E-state index in [1.165, 1.54) is 28.1 Å². The van der Waals surface area contributed by atoms with Gasteiger partial charge < -0.3 is 14.5 Å². The minimum atomic E-state index is 0.0207. The number of fused-ring (bicyclic) bond motifs is 4. The molecule has 0 spiro atoms. The van der Waals surface area contributed by atoms with Crippen LogP contribution in [0.15, 0.2) is 58.3 Å². The molecule has 0 saturated heterocycles. The Kier molecular flexibility index (Phi) is 3.76. The number of aromatic nitrogens is 1. The van der Waals surface area contributed by atoms with Crippen LogP contribution in [0.1, 0.15) is 31.0 Å². The van der Waals surface area contributed by atoms with Crippen LogP contribution in [-0.2, 0) is 5.41 Å². The molecule has 5 heteroatoms. The van der Waals surface area contributed by atoms with Gasteiger partial charge in [-0.1, -0.05) is 19.9 Å². The van der Waals surface area contributed by atoms with Crippen molar-refractivity contribution < 1.29 is 9.15 Å². The first-order chi connectivity index (χ1) is 13.1. The Bertz CT molecular complexity index is 983. The second-order valence-electron chi connectivity index (χ2n) is 7.76. The maximum Gasteiger partial charge on any atom is 0.181 e. The third-order valence-electron chi connectivity index (χ3n) is 6.05. The largest absolute Gasteiger partial charge is 0.496 e. The highest BCUT2D eigenvalue weighted by atomic mass is 32.2. The van der Waals surface area contributed by atoms with Gasteiger partial charge in [0.25, 0.3) is 0 Å². The number of nitrogens with one attached hydrogen (secondary N) is 1. The number of ether oxygens (including phenoxy) is 1. The monoisotopic (exact) mass is 378 g/mol. The van der Waals surface area contributed by atoms with Gasteiger partial charge in [0.1, 0.15) is 5.75 Å². The molecular formula is C22H22N2O2S. The number of benzene rings is 2. The van der Waals surface area contributed by atoms with Gasteiger partial charge in [-0.05, 0) is 41.3 Å². The molecule has 4 nitrogen and oxygen atoms in total. The van der Waals surface area contributed by atoms with Crippen molar-refractivity contribution in [1.82, 2.24) is 4.98 Å². The topological polar surface area (TPSA) is 47.3 Å². The zero-order chi connectivity index (χ0) is 18.6. The lowest BCUT2D eigenvalue weighted by molar-refractivity contribution is 0.286. The number of oxazole rings is 1. The third-order valence-corrected chi connectivity index (χ3v) is 7.24. The van der Waals surface area contributed by atoms with E-state index in [0.29, 0.717) is 5.92 Å². The molecule has 3 heterocycles.